The van der Waals surface area contributed by atoms with Crippen molar-refractivity contribution in [1.82, 2.24) is 15.1 Å². The number of benzene rings is 1. The van der Waals surface area contributed by atoms with Gasteiger partial charge in [0, 0.05) is 24.8 Å². The number of aromatic nitrogens is 2. The van der Waals surface area contributed by atoms with Crippen LogP contribution in [0.3, 0.4) is 0 Å². The molecule has 1 heterocycles. The molecule has 1 N–H and O–H groups in total. The van der Waals surface area contributed by atoms with E-state index >= 15 is 0 Å². The van der Waals surface area contributed by atoms with Crippen LogP contribution in [0.25, 0.3) is 0 Å². The van der Waals surface area contributed by atoms with E-state index in [1.165, 1.54) is 5.56 Å². The van der Waals surface area contributed by atoms with E-state index in [4.69, 9.17) is 9.47 Å². The molecule has 0 saturated heterocycles. The lowest BCUT2D eigenvalue weighted by Gasteiger charge is -2.11. The summed E-state index contributed by atoms with van der Waals surface area (Å²) in [6, 6.07) is 5.81. The van der Waals surface area contributed by atoms with Gasteiger partial charge < -0.3 is 14.8 Å². The quantitative estimate of drug-likeness (QED) is 0.785. The SMILES string of the molecule is COc1ccc(OC)c(CNCCn2cc(C)cn2)c1. The molecule has 0 bridgehead atoms. The van der Waals surface area contributed by atoms with E-state index in [0.29, 0.717) is 0 Å². The molecule has 0 spiro atoms. The van der Waals surface area contributed by atoms with E-state index in [0.717, 1.165) is 36.7 Å². The second-order valence-electron chi connectivity index (χ2n) is 4.64. The largest absolute Gasteiger partial charge is 0.497 e. The van der Waals surface area contributed by atoms with Gasteiger partial charge in [0.2, 0.25) is 0 Å². The fourth-order valence-corrected chi connectivity index (χ4v) is 2.03. The number of methoxy groups -OCH3 is 2. The van der Waals surface area contributed by atoms with Crippen molar-refractivity contribution in [1.29, 1.82) is 0 Å². The van der Waals surface area contributed by atoms with Crippen LogP contribution in [0.2, 0.25) is 0 Å². The molecule has 20 heavy (non-hydrogen) atoms. The van der Waals surface area contributed by atoms with E-state index < -0.39 is 0 Å². The molecule has 0 aliphatic heterocycles. The Hall–Kier alpha value is -2.01. The van der Waals surface area contributed by atoms with Crippen LogP contribution in [0, 0.1) is 6.92 Å². The summed E-state index contributed by atoms with van der Waals surface area (Å²) in [6.45, 7) is 4.47. The normalized spacial score (nSPS) is 10.6. The number of hydrogen-bond donors (Lipinski definition) is 1. The van der Waals surface area contributed by atoms with Crippen LogP contribution in [-0.4, -0.2) is 30.5 Å². The maximum Gasteiger partial charge on any atom is 0.123 e. The fraction of sp³-hybridized carbons (Fsp3) is 0.400. The van der Waals surface area contributed by atoms with Gasteiger partial charge in [-0.25, -0.2) is 0 Å². The first-order valence-corrected chi connectivity index (χ1v) is 6.63. The zero-order chi connectivity index (χ0) is 14.4. The second-order valence-corrected chi connectivity index (χ2v) is 4.64. The highest BCUT2D eigenvalue weighted by Gasteiger charge is 2.04. The minimum atomic E-state index is 0.737. The van der Waals surface area contributed by atoms with E-state index in [2.05, 4.69) is 10.4 Å². The highest BCUT2D eigenvalue weighted by Crippen LogP contribution is 2.23. The number of rotatable bonds is 7. The molecule has 5 heteroatoms. The van der Waals surface area contributed by atoms with Crippen molar-refractivity contribution >= 4 is 0 Å². The Balaban J connectivity index is 1.86. The minimum absolute atomic E-state index is 0.737. The Morgan fingerprint density at radius 3 is 2.75 bits per heavy atom. The number of hydrogen-bond acceptors (Lipinski definition) is 4. The Bertz CT molecular complexity index is 552. The van der Waals surface area contributed by atoms with Gasteiger partial charge in [0.05, 0.1) is 27.0 Å². The van der Waals surface area contributed by atoms with Crippen LogP contribution in [-0.2, 0) is 13.1 Å². The van der Waals surface area contributed by atoms with E-state index in [1.807, 2.05) is 42.2 Å². The Morgan fingerprint density at radius 1 is 1.25 bits per heavy atom. The average Bonchev–Trinajstić information content (AvgIpc) is 2.89. The Labute approximate surface area is 119 Å². The summed E-state index contributed by atoms with van der Waals surface area (Å²) in [5, 5.41) is 7.64. The van der Waals surface area contributed by atoms with Crippen LogP contribution in [0.15, 0.2) is 30.6 Å². The summed E-state index contributed by atoms with van der Waals surface area (Å²) in [4.78, 5) is 0. The highest BCUT2D eigenvalue weighted by atomic mass is 16.5. The lowest BCUT2D eigenvalue weighted by Crippen LogP contribution is -2.20. The van der Waals surface area contributed by atoms with Gasteiger partial charge in [-0.1, -0.05) is 0 Å². The topological polar surface area (TPSA) is 48.3 Å². The van der Waals surface area contributed by atoms with Gasteiger partial charge in [0.25, 0.3) is 0 Å². The van der Waals surface area contributed by atoms with Crippen molar-refractivity contribution in [2.75, 3.05) is 20.8 Å². The third-order valence-electron chi connectivity index (χ3n) is 3.08. The second kappa shape index (κ2) is 6.96. The first kappa shape index (κ1) is 14.4. The van der Waals surface area contributed by atoms with Gasteiger partial charge in [0.15, 0.2) is 0 Å². The highest BCUT2D eigenvalue weighted by molar-refractivity contribution is 5.40. The molecule has 0 amide bonds. The predicted octanol–water partition coefficient (Wildman–Crippen LogP) is 2.00. The van der Waals surface area contributed by atoms with E-state index in [-0.39, 0.29) is 0 Å². The van der Waals surface area contributed by atoms with Crippen LogP contribution < -0.4 is 14.8 Å². The lowest BCUT2D eigenvalue weighted by molar-refractivity contribution is 0.396. The lowest BCUT2D eigenvalue weighted by atomic mass is 10.2. The smallest absolute Gasteiger partial charge is 0.123 e. The summed E-state index contributed by atoms with van der Waals surface area (Å²) in [5.41, 5.74) is 2.27. The van der Waals surface area contributed by atoms with Gasteiger partial charge >= 0.3 is 0 Å². The summed E-state index contributed by atoms with van der Waals surface area (Å²) in [6.07, 6.45) is 3.90. The van der Waals surface area contributed by atoms with Crippen molar-refractivity contribution in [2.24, 2.45) is 0 Å². The number of nitrogens with one attached hydrogen (secondary N) is 1. The molecule has 0 fully saturated rings. The molecule has 108 valence electrons. The zero-order valence-electron chi connectivity index (χ0n) is 12.2. The first-order chi connectivity index (χ1) is 9.72. The molecule has 2 rings (SSSR count). The molecule has 0 aliphatic rings. The van der Waals surface area contributed by atoms with Crippen LogP contribution in [0.5, 0.6) is 11.5 Å². The third kappa shape index (κ3) is 3.74. The van der Waals surface area contributed by atoms with Crippen LogP contribution >= 0.6 is 0 Å². The number of ether oxygens (including phenoxy) is 2. The standard InChI is InChI=1S/C15H21N3O2/c1-12-9-17-18(11-12)7-6-16-10-13-8-14(19-2)4-5-15(13)20-3/h4-5,8-9,11,16H,6-7,10H2,1-3H3. The molecular formula is C15H21N3O2. The van der Waals surface area contributed by atoms with Gasteiger partial charge in [-0.2, -0.15) is 5.10 Å². The Morgan fingerprint density at radius 2 is 2.10 bits per heavy atom. The summed E-state index contributed by atoms with van der Waals surface area (Å²) < 4.78 is 12.5. The maximum absolute atomic E-state index is 5.35. The molecule has 0 atom stereocenters. The van der Waals surface area contributed by atoms with Crippen molar-refractivity contribution in [2.45, 2.75) is 20.0 Å². The van der Waals surface area contributed by atoms with Gasteiger partial charge in [-0.3, -0.25) is 4.68 Å². The van der Waals surface area contributed by atoms with Crippen molar-refractivity contribution in [3.8, 4) is 11.5 Å². The van der Waals surface area contributed by atoms with Crippen molar-refractivity contribution < 1.29 is 9.47 Å². The monoisotopic (exact) mass is 275 g/mol. The van der Waals surface area contributed by atoms with Gasteiger partial charge in [-0.15, -0.1) is 0 Å². The van der Waals surface area contributed by atoms with Crippen LogP contribution in [0.4, 0.5) is 0 Å². The molecular weight excluding hydrogens is 254 g/mol. The molecule has 0 unspecified atom stereocenters. The van der Waals surface area contributed by atoms with Gasteiger partial charge in [-0.05, 0) is 30.7 Å². The minimum Gasteiger partial charge on any atom is -0.497 e. The predicted molar refractivity (Wildman–Crippen MR) is 78.2 cm³/mol. The third-order valence-corrected chi connectivity index (χ3v) is 3.08. The first-order valence-electron chi connectivity index (χ1n) is 6.63. The summed E-state index contributed by atoms with van der Waals surface area (Å²) in [7, 11) is 3.34. The number of nitrogens with zero attached hydrogens (tertiary/aromatic N) is 2. The summed E-state index contributed by atoms with van der Waals surface area (Å²) in [5.74, 6) is 1.71. The molecule has 2 aromatic rings. The molecule has 0 saturated carbocycles. The molecule has 1 aromatic carbocycles. The van der Waals surface area contributed by atoms with Crippen molar-refractivity contribution in [3.63, 3.8) is 0 Å². The molecule has 0 radical (unpaired) electrons. The van der Waals surface area contributed by atoms with Gasteiger partial charge in [0.1, 0.15) is 11.5 Å². The zero-order valence-corrected chi connectivity index (χ0v) is 12.2. The molecule has 5 nitrogen and oxygen atoms in total. The summed E-state index contributed by atoms with van der Waals surface area (Å²) >= 11 is 0. The van der Waals surface area contributed by atoms with Crippen LogP contribution in [0.1, 0.15) is 11.1 Å². The maximum atomic E-state index is 5.35. The van der Waals surface area contributed by atoms with Crippen molar-refractivity contribution in [3.05, 3.63) is 41.7 Å². The molecule has 0 aliphatic carbocycles. The average molecular weight is 275 g/mol. The number of aryl methyl sites for hydroxylation is 1. The Kier molecular flexibility index (Phi) is 5.01. The van der Waals surface area contributed by atoms with E-state index in [1.54, 1.807) is 14.2 Å². The fourth-order valence-electron chi connectivity index (χ4n) is 2.03. The molecule has 1 aromatic heterocycles. The van der Waals surface area contributed by atoms with E-state index in [9.17, 15) is 0 Å².